The van der Waals surface area contributed by atoms with E-state index in [0.717, 1.165) is 76.5 Å². The van der Waals surface area contributed by atoms with Crippen molar-refractivity contribution in [1.29, 1.82) is 0 Å². The fourth-order valence-corrected chi connectivity index (χ4v) is 5.66. The molecule has 0 spiro atoms. The second-order valence-corrected chi connectivity index (χ2v) is 9.14. The van der Waals surface area contributed by atoms with Gasteiger partial charge in [-0.25, -0.2) is 0 Å². The van der Waals surface area contributed by atoms with Gasteiger partial charge in [-0.15, -0.1) is 0 Å². The van der Waals surface area contributed by atoms with Crippen LogP contribution in [-0.4, -0.2) is 78.0 Å². The highest BCUT2D eigenvalue weighted by Gasteiger charge is 2.53. The summed E-state index contributed by atoms with van der Waals surface area (Å²) in [5, 5.41) is 8.02. The van der Waals surface area contributed by atoms with Crippen LogP contribution >= 0.6 is 11.6 Å². The summed E-state index contributed by atoms with van der Waals surface area (Å²) < 4.78 is 11.1. The van der Waals surface area contributed by atoms with Crippen molar-refractivity contribution in [2.45, 2.75) is 52.1 Å². The zero-order chi connectivity index (χ0) is 20.4. The maximum Gasteiger partial charge on any atom is 0.313 e. The minimum Gasteiger partial charge on any atom is -0.466 e. The molecule has 0 unspecified atom stereocenters. The third-order valence-electron chi connectivity index (χ3n) is 7.12. The van der Waals surface area contributed by atoms with Crippen LogP contribution in [0.5, 0.6) is 0 Å². The van der Waals surface area contributed by atoms with E-state index in [4.69, 9.17) is 21.1 Å². The van der Waals surface area contributed by atoms with Gasteiger partial charge in [0.25, 0.3) is 0 Å². The Morgan fingerprint density at radius 1 is 1.34 bits per heavy atom. The largest absolute Gasteiger partial charge is 0.466 e. The van der Waals surface area contributed by atoms with E-state index >= 15 is 0 Å². The highest BCUT2D eigenvalue weighted by molar-refractivity contribution is 6.31. The van der Waals surface area contributed by atoms with Crippen LogP contribution in [0.1, 0.15) is 44.0 Å². The number of aromatic nitrogens is 2. The fraction of sp³-hybridized carbons (Fsp3) is 0.810. The van der Waals surface area contributed by atoms with Gasteiger partial charge in [0, 0.05) is 32.2 Å². The van der Waals surface area contributed by atoms with Crippen LogP contribution in [0.25, 0.3) is 0 Å². The van der Waals surface area contributed by atoms with Crippen LogP contribution in [0, 0.1) is 18.3 Å². The normalized spacial score (nSPS) is 31.4. The lowest BCUT2D eigenvalue weighted by Crippen LogP contribution is -2.58. The minimum atomic E-state index is -0.408. The van der Waals surface area contributed by atoms with Gasteiger partial charge in [-0.05, 0) is 52.0 Å². The highest BCUT2D eigenvalue weighted by Crippen LogP contribution is 2.48. The quantitative estimate of drug-likeness (QED) is 0.732. The molecule has 1 saturated carbocycles. The Balaban J connectivity index is 1.49. The third-order valence-corrected chi connectivity index (χ3v) is 7.62. The van der Waals surface area contributed by atoms with Gasteiger partial charge >= 0.3 is 5.97 Å². The SMILES string of the molecule is CCOC(=O)[C@@]12CC[C@@H](N3CCOCC3)C[C@H]1CCN(Cc1n[nH]c(C)c1Cl)C2. The Hall–Kier alpha value is -1.15. The van der Waals surface area contributed by atoms with E-state index in [-0.39, 0.29) is 5.97 Å². The lowest BCUT2D eigenvalue weighted by atomic mass is 9.61. The van der Waals surface area contributed by atoms with Crippen molar-refractivity contribution in [3.8, 4) is 0 Å². The Labute approximate surface area is 178 Å². The third kappa shape index (κ3) is 4.20. The number of likely N-dealkylation sites (tertiary alicyclic amines) is 1. The maximum atomic E-state index is 13.2. The zero-order valence-corrected chi connectivity index (χ0v) is 18.3. The summed E-state index contributed by atoms with van der Waals surface area (Å²) in [5.41, 5.74) is 1.35. The topological polar surface area (TPSA) is 70.7 Å². The van der Waals surface area contributed by atoms with Gasteiger partial charge in [0.2, 0.25) is 0 Å². The number of nitrogens with one attached hydrogen (secondary N) is 1. The molecule has 0 aromatic carbocycles. The number of hydrogen-bond donors (Lipinski definition) is 1. The number of esters is 1. The van der Waals surface area contributed by atoms with Crippen LogP contribution in [0.2, 0.25) is 5.02 Å². The predicted molar refractivity (Wildman–Crippen MR) is 111 cm³/mol. The molecule has 3 fully saturated rings. The van der Waals surface area contributed by atoms with Gasteiger partial charge in [-0.1, -0.05) is 11.6 Å². The van der Waals surface area contributed by atoms with E-state index in [0.29, 0.717) is 30.1 Å². The number of H-pyrrole nitrogens is 1. The fourth-order valence-electron chi connectivity index (χ4n) is 5.52. The van der Waals surface area contributed by atoms with Crippen molar-refractivity contribution in [2.75, 3.05) is 46.0 Å². The molecule has 162 valence electrons. The molecular formula is C21H33ClN4O3. The van der Waals surface area contributed by atoms with Crippen molar-refractivity contribution >= 4 is 17.6 Å². The number of carbonyl (C=O) groups is 1. The molecule has 29 heavy (non-hydrogen) atoms. The lowest BCUT2D eigenvalue weighted by molar-refractivity contribution is -0.170. The van der Waals surface area contributed by atoms with Crippen molar-refractivity contribution in [3.05, 3.63) is 16.4 Å². The maximum absolute atomic E-state index is 13.2. The van der Waals surface area contributed by atoms with E-state index in [1.807, 2.05) is 13.8 Å². The molecule has 1 aliphatic carbocycles. The molecule has 2 saturated heterocycles. The number of piperidine rings is 1. The molecule has 3 atom stereocenters. The molecule has 8 heteroatoms. The molecule has 1 aromatic rings. The number of aromatic amines is 1. The molecule has 3 aliphatic rings. The number of carbonyl (C=O) groups excluding carboxylic acids is 1. The number of rotatable bonds is 5. The van der Waals surface area contributed by atoms with E-state index in [1.165, 1.54) is 0 Å². The Bertz CT molecular complexity index is 721. The number of morpholine rings is 1. The van der Waals surface area contributed by atoms with Gasteiger partial charge in [-0.2, -0.15) is 5.10 Å². The molecule has 0 amide bonds. The highest BCUT2D eigenvalue weighted by atomic mass is 35.5. The van der Waals surface area contributed by atoms with Gasteiger partial charge < -0.3 is 9.47 Å². The second-order valence-electron chi connectivity index (χ2n) is 8.76. The average molecular weight is 425 g/mol. The van der Waals surface area contributed by atoms with Crippen LogP contribution in [-0.2, 0) is 20.8 Å². The van der Waals surface area contributed by atoms with Crippen LogP contribution in [0.3, 0.4) is 0 Å². The number of ether oxygens (including phenoxy) is 2. The van der Waals surface area contributed by atoms with Gasteiger partial charge in [0.05, 0.1) is 41.6 Å². The molecule has 2 aliphatic heterocycles. The van der Waals surface area contributed by atoms with E-state index in [9.17, 15) is 4.79 Å². The van der Waals surface area contributed by atoms with Crippen molar-refractivity contribution in [3.63, 3.8) is 0 Å². The first kappa shape index (κ1) is 21.1. The molecule has 1 aromatic heterocycles. The number of fused-ring (bicyclic) bond motifs is 1. The summed E-state index contributed by atoms with van der Waals surface area (Å²) in [4.78, 5) is 18.1. The molecular weight excluding hydrogens is 392 g/mol. The summed E-state index contributed by atoms with van der Waals surface area (Å²) in [6, 6.07) is 0.557. The standard InChI is InChI=1S/C21H33ClN4O3/c1-3-29-20(27)21-6-4-17(26-8-10-28-11-9-26)12-16(21)5-7-25(14-21)13-18-19(22)15(2)23-24-18/h16-17H,3-14H2,1-2H3,(H,23,24)/t16-,17-,21-/m1/s1. The molecule has 0 radical (unpaired) electrons. The number of nitrogens with zero attached hydrogens (tertiary/aromatic N) is 3. The van der Waals surface area contributed by atoms with E-state index in [2.05, 4.69) is 20.0 Å². The van der Waals surface area contributed by atoms with Crippen LogP contribution < -0.4 is 0 Å². The van der Waals surface area contributed by atoms with E-state index < -0.39 is 5.41 Å². The predicted octanol–water partition coefficient (Wildman–Crippen LogP) is 2.63. The molecule has 4 rings (SSSR count). The zero-order valence-electron chi connectivity index (χ0n) is 17.6. The van der Waals surface area contributed by atoms with Gasteiger partial charge in [0.15, 0.2) is 0 Å². The Morgan fingerprint density at radius 3 is 2.83 bits per heavy atom. The molecule has 0 bridgehead atoms. The van der Waals surface area contributed by atoms with Crippen LogP contribution in [0.4, 0.5) is 0 Å². The summed E-state index contributed by atoms with van der Waals surface area (Å²) in [6.07, 6.45) is 4.03. The molecule has 3 heterocycles. The van der Waals surface area contributed by atoms with Gasteiger partial charge in [-0.3, -0.25) is 19.7 Å². The summed E-state index contributed by atoms with van der Waals surface area (Å²) in [7, 11) is 0. The molecule has 7 nitrogen and oxygen atoms in total. The molecule has 1 N–H and O–H groups in total. The Kier molecular flexibility index (Phi) is 6.49. The first-order valence-corrected chi connectivity index (χ1v) is 11.3. The smallest absolute Gasteiger partial charge is 0.313 e. The van der Waals surface area contributed by atoms with E-state index in [1.54, 1.807) is 0 Å². The summed E-state index contributed by atoms with van der Waals surface area (Å²) in [6.45, 7) is 10.3. The lowest BCUT2D eigenvalue weighted by Gasteiger charge is -2.52. The van der Waals surface area contributed by atoms with Crippen LogP contribution in [0.15, 0.2) is 0 Å². The van der Waals surface area contributed by atoms with Crippen molar-refractivity contribution < 1.29 is 14.3 Å². The monoisotopic (exact) mass is 424 g/mol. The number of hydrogen-bond acceptors (Lipinski definition) is 6. The van der Waals surface area contributed by atoms with Crippen molar-refractivity contribution in [1.82, 2.24) is 20.0 Å². The number of halogens is 1. The Morgan fingerprint density at radius 2 is 2.14 bits per heavy atom. The van der Waals surface area contributed by atoms with Gasteiger partial charge in [0.1, 0.15) is 0 Å². The summed E-state index contributed by atoms with van der Waals surface area (Å²) >= 11 is 6.39. The average Bonchev–Trinajstić information content (AvgIpc) is 3.06. The first-order chi connectivity index (χ1) is 14.0. The number of aryl methyl sites for hydroxylation is 1. The second kappa shape index (κ2) is 8.92. The van der Waals surface area contributed by atoms with Crippen molar-refractivity contribution in [2.24, 2.45) is 11.3 Å². The minimum absolute atomic E-state index is 0.0144. The first-order valence-electron chi connectivity index (χ1n) is 10.9. The summed E-state index contributed by atoms with van der Waals surface area (Å²) in [5.74, 6) is 0.357.